The molecule has 2 aromatic rings. The molecular formula is C12H11ClN2O2. The third-order valence-electron chi connectivity index (χ3n) is 2.65. The van der Waals surface area contributed by atoms with Gasteiger partial charge in [-0.1, -0.05) is 11.6 Å². The zero-order valence-corrected chi connectivity index (χ0v) is 9.99. The molecule has 0 unspecified atom stereocenters. The minimum absolute atomic E-state index is 0.140. The monoisotopic (exact) mass is 250 g/mol. The summed E-state index contributed by atoms with van der Waals surface area (Å²) in [5.41, 5.74) is 6.12. The van der Waals surface area contributed by atoms with Crippen LogP contribution in [0.2, 0.25) is 5.02 Å². The standard InChI is InChI=1S/C12H11ClN2O2/c1-2-15-10-4-3-7(11(14)16)5-8(10)6-9(13)12(15)17/h3-6H,2H2,1H3,(H2,14,16). The molecule has 0 aliphatic carbocycles. The van der Waals surface area contributed by atoms with Crippen LogP contribution in [0.3, 0.4) is 0 Å². The first-order valence-electron chi connectivity index (χ1n) is 5.17. The number of aromatic nitrogens is 1. The molecule has 5 heteroatoms. The lowest BCUT2D eigenvalue weighted by molar-refractivity contribution is 0.100. The predicted molar refractivity (Wildman–Crippen MR) is 67.4 cm³/mol. The van der Waals surface area contributed by atoms with Gasteiger partial charge in [0, 0.05) is 17.5 Å². The van der Waals surface area contributed by atoms with Crippen molar-refractivity contribution in [2.45, 2.75) is 13.5 Å². The smallest absolute Gasteiger partial charge is 0.269 e. The van der Waals surface area contributed by atoms with Gasteiger partial charge in [0.1, 0.15) is 5.02 Å². The predicted octanol–water partition coefficient (Wildman–Crippen LogP) is 1.77. The van der Waals surface area contributed by atoms with Crippen LogP contribution in [0.5, 0.6) is 0 Å². The molecule has 1 heterocycles. The molecule has 0 bridgehead atoms. The molecule has 0 aliphatic heterocycles. The number of fused-ring (bicyclic) bond motifs is 1. The maximum atomic E-state index is 11.8. The number of hydrogen-bond donors (Lipinski definition) is 1. The number of benzene rings is 1. The number of nitrogens with zero attached hydrogens (tertiary/aromatic N) is 1. The van der Waals surface area contributed by atoms with E-state index in [1.165, 1.54) is 0 Å². The van der Waals surface area contributed by atoms with Crippen molar-refractivity contribution in [1.82, 2.24) is 4.57 Å². The number of carbonyl (C=O) groups excluding carboxylic acids is 1. The molecule has 4 nitrogen and oxygen atoms in total. The number of pyridine rings is 1. The minimum atomic E-state index is -0.503. The van der Waals surface area contributed by atoms with Crippen LogP contribution in [0.25, 0.3) is 10.9 Å². The zero-order valence-electron chi connectivity index (χ0n) is 9.24. The quantitative estimate of drug-likeness (QED) is 0.883. The lowest BCUT2D eigenvalue weighted by Gasteiger charge is -2.09. The van der Waals surface area contributed by atoms with Crippen molar-refractivity contribution in [2.75, 3.05) is 0 Å². The van der Waals surface area contributed by atoms with Gasteiger partial charge >= 0.3 is 0 Å². The Morgan fingerprint density at radius 1 is 1.41 bits per heavy atom. The summed E-state index contributed by atoms with van der Waals surface area (Å²) in [6, 6.07) is 6.49. The van der Waals surface area contributed by atoms with Crippen LogP contribution < -0.4 is 11.3 Å². The van der Waals surface area contributed by atoms with E-state index in [9.17, 15) is 9.59 Å². The highest BCUT2D eigenvalue weighted by Crippen LogP contribution is 2.18. The third-order valence-corrected chi connectivity index (χ3v) is 2.92. The molecule has 0 atom stereocenters. The Labute approximate surface area is 103 Å². The van der Waals surface area contributed by atoms with Gasteiger partial charge < -0.3 is 10.3 Å². The van der Waals surface area contributed by atoms with Crippen molar-refractivity contribution in [2.24, 2.45) is 5.73 Å². The Bertz CT molecular complexity index is 661. The second-order valence-electron chi connectivity index (χ2n) is 3.68. The molecule has 2 N–H and O–H groups in total. The molecule has 17 heavy (non-hydrogen) atoms. The Kier molecular flexibility index (Phi) is 2.90. The molecular weight excluding hydrogens is 240 g/mol. The Morgan fingerprint density at radius 2 is 2.12 bits per heavy atom. The summed E-state index contributed by atoms with van der Waals surface area (Å²) in [5, 5.41) is 0.869. The van der Waals surface area contributed by atoms with Gasteiger partial charge in [-0.3, -0.25) is 9.59 Å². The number of nitrogens with two attached hydrogens (primary N) is 1. The SMILES string of the molecule is CCn1c(=O)c(Cl)cc2cc(C(N)=O)ccc21. The van der Waals surface area contributed by atoms with E-state index in [0.29, 0.717) is 12.1 Å². The summed E-state index contributed by atoms with van der Waals surface area (Å²) in [5.74, 6) is -0.503. The summed E-state index contributed by atoms with van der Waals surface area (Å²) >= 11 is 5.85. The molecule has 0 radical (unpaired) electrons. The molecule has 0 fully saturated rings. The van der Waals surface area contributed by atoms with E-state index in [-0.39, 0.29) is 10.6 Å². The fourth-order valence-corrected chi connectivity index (χ4v) is 2.04. The van der Waals surface area contributed by atoms with E-state index >= 15 is 0 Å². The van der Waals surface area contributed by atoms with Crippen LogP contribution in [0.15, 0.2) is 29.1 Å². The summed E-state index contributed by atoms with van der Waals surface area (Å²) in [7, 11) is 0. The van der Waals surface area contributed by atoms with Gasteiger partial charge in [-0.25, -0.2) is 0 Å². The van der Waals surface area contributed by atoms with E-state index in [1.54, 1.807) is 28.8 Å². The van der Waals surface area contributed by atoms with E-state index in [0.717, 1.165) is 10.9 Å². The minimum Gasteiger partial charge on any atom is -0.366 e. The van der Waals surface area contributed by atoms with Crippen molar-refractivity contribution >= 4 is 28.4 Å². The number of aryl methyl sites for hydroxylation is 1. The van der Waals surface area contributed by atoms with Crippen molar-refractivity contribution in [1.29, 1.82) is 0 Å². The zero-order chi connectivity index (χ0) is 12.6. The third kappa shape index (κ3) is 1.91. The highest BCUT2D eigenvalue weighted by atomic mass is 35.5. The van der Waals surface area contributed by atoms with Crippen LogP contribution >= 0.6 is 11.6 Å². The molecule has 1 aromatic carbocycles. The maximum Gasteiger partial charge on any atom is 0.269 e. The summed E-state index contributed by atoms with van der Waals surface area (Å²) in [6.45, 7) is 2.38. The maximum absolute atomic E-state index is 11.8. The van der Waals surface area contributed by atoms with Crippen molar-refractivity contribution in [3.05, 3.63) is 45.2 Å². The Balaban J connectivity index is 2.85. The van der Waals surface area contributed by atoms with E-state index in [2.05, 4.69) is 0 Å². The fourth-order valence-electron chi connectivity index (χ4n) is 1.82. The molecule has 0 saturated heterocycles. The highest BCUT2D eigenvalue weighted by Gasteiger charge is 2.08. The average Bonchev–Trinajstić information content (AvgIpc) is 2.30. The van der Waals surface area contributed by atoms with E-state index in [4.69, 9.17) is 17.3 Å². The Hall–Kier alpha value is -1.81. The topological polar surface area (TPSA) is 65.1 Å². The first kappa shape index (κ1) is 11.7. The molecule has 0 spiro atoms. The van der Waals surface area contributed by atoms with Gasteiger partial charge in [0.25, 0.3) is 5.56 Å². The van der Waals surface area contributed by atoms with E-state index < -0.39 is 5.91 Å². The Morgan fingerprint density at radius 3 is 2.71 bits per heavy atom. The van der Waals surface area contributed by atoms with Gasteiger partial charge in [0.05, 0.1) is 5.52 Å². The number of rotatable bonds is 2. The normalized spacial score (nSPS) is 10.7. The van der Waals surface area contributed by atoms with Gasteiger partial charge in [0.15, 0.2) is 0 Å². The number of amides is 1. The van der Waals surface area contributed by atoms with Crippen molar-refractivity contribution < 1.29 is 4.79 Å². The van der Waals surface area contributed by atoms with Crippen LogP contribution in [-0.2, 0) is 6.54 Å². The second-order valence-corrected chi connectivity index (χ2v) is 4.09. The number of primary amides is 1. The molecule has 1 amide bonds. The highest BCUT2D eigenvalue weighted by molar-refractivity contribution is 6.31. The number of halogens is 1. The lowest BCUT2D eigenvalue weighted by Crippen LogP contribution is -2.20. The van der Waals surface area contributed by atoms with Crippen LogP contribution in [-0.4, -0.2) is 10.5 Å². The molecule has 88 valence electrons. The van der Waals surface area contributed by atoms with Gasteiger partial charge in [-0.2, -0.15) is 0 Å². The lowest BCUT2D eigenvalue weighted by atomic mass is 10.1. The van der Waals surface area contributed by atoms with Crippen LogP contribution in [0.1, 0.15) is 17.3 Å². The van der Waals surface area contributed by atoms with Gasteiger partial charge in [0.2, 0.25) is 5.91 Å². The molecule has 2 rings (SSSR count). The van der Waals surface area contributed by atoms with Crippen molar-refractivity contribution in [3.8, 4) is 0 Å². The molecule has 1 aromatic heterocycles. The van der Waals surface area contributed by atoms with Crippen LogP contribution in [0.4, 0.5) is 0 Å². The number of carbonyl (C=O) groups is 1. The van der Waals surface area contributed by atoms with Gasteiger partial charge in [-0.05, 0) is 31.2 Å². The second kappa shape index (κ2) is 4.22. The fraction of sp³-hybridized carbons (Fsp3) is 0.167. The summed E-state index contributed by atoms with van der Waals surface area (Å²) in [6.07, 6.45) is 0. The van der Waals surface area contributed by atoms with Gasteiger partial charge in [-0.15, -0.1) is 0 Å². The van der Waals surface area contributed by atoms with E-state index in [1.807, 2.05) is 6.92 Å². The summed E-state index contributed by atoms with van der Waals surface area (Å²) < 4.78 is 1.56. The number of hydrogen-bond acceptors (Lipinski definition) is 2. The molecule has 0 aliphatic rings. The summed E-state index contributed by atoms with van der Waals surface area (Å²) in [4.78, 5) is 22.8. The first-order valence-corrected chi connectivity index (χ1v) is 5.55. The largest absolute Gasteiger partial charge is 0.366 e. The van der Waals surface area contributed by atoms with Crippen LogP contribution in [0, 0.1) is 0 Å². The average molecular weight is 251 g/mol. The molecule has 0 saturated carbocycles. The first-order chi connectivity index (χ1) is 8.04. The van der Waals surface area contributed by atoms with Crippen molar-refractivity contribution in [3.63, 3.8) is 0 Å².